The Balaban J connectivity index is 2.28. The number of rotatable bonds is 3. The van der Waals surface area contributed by atoms with Crippen molar-refractivity contribution in [2.45, 2.75) is 11.1 Å². The largest absolute Gasteiger partial charge is 0.313 e. The first-order chi connectivity index (χ1) is 7.00. The average molecular weight is 251 g/mol. The first kappa shape index (κ1) is 10.9. The molecule has 0 amide bonds. The Hall–Kier alpha value is -0.630. The zero-order valence-corrected chi connectivity index (χ0v) is 9.64. The van der Waals surface area contributed by atoms with Gasteiger partial charge in [0.2, 0.25) is 0 Å². The van der Waals surface area contributed by atoms with Crippen LogP contribution in [-0.2, 0) is 17.1 Å². The van der Waals surface area contributed by atoms with Crippen LogP contribution in [0.25, 0.3) is 0 Å². The molecule has 0 saturated carbocycles. The van der Waals surface area contributed by atoms with Gasteiger partial charge in [-0.05, 0) is 0 Å². The predicted octanol–water partition coefficient (Wildman–Crippen LogP) is -0.676. The van der Waals surface area contributed by atoms with Gasteiger partial charge >= 0.3 is 0 Å². The van der Waals surface area contributed by atoms with E-state index in [0.717, 1.165) is 0 Å². The molecule has 1 aliphatic rings. The highest BCUT2D eigenvalue weighted by Gasteiger charge is 2.28. The van der Waals surface area contributed by atoms with Crippen LogP contribution in [0.5, 0.6) is 0 Å². The van der Waals surface area contributed by atoms with Crippen molar-refractivity contribution in [3.63, 3.8) is 0 Å². The lowest BCUT2D eigenvalue weighted by Crippen LogP contribution is -2.56. The Kier molecular flexibility index (Phi) is 2.72. The summed E-state index contributed by atoms with van der Waals surface area (Å²) in [6, 6.07) is -0.0547. The van der Waals surface area contributed by atoms with Crippen molar-refractivity contribution >= 4 is 21.6 Å². The van der Waals surface area contributed by atoms with Gasteiger partial charge in [-0.25, -0.2) is 13.1 Å². The predicted molar refractivity (Wildman–Crippen MR) is 55.2 cm³/mol. The number of nitrogens with one attached hydrogen (secondary N) is 2. The Morgan fingerprint density at radius 2 is 2.33 bits per heavy atom. The summed E-state index contributed by atoms with van der Waals surface area (Å²) in [6.07, 6.45) is 1.31. The lowest BCUT2D eigenvalue weighted by molar-refractivity contribution is 0.408. The second-order valence-corrected chi connectivity index (χ2v) is 5.43. The molecule has 15 heavy (non-hydrogen) atoms. The molecule has 2 heterocycles. The monoisotopic (exact) mass is 250 g/mol. The van der Waals surface area contributed by atoms with Crippen LogP contribution in [0.1, 0.15) is 0 Å². The third-order valence-electron chi connectivity index (χ3n) is 2.20. The maximum absolute atomic E-state index is 11.9. The third-order valence-corrected chi connectivity index (χ3v) is 4.23. The average Bonchev–Trinajstić information content (AvgIpc) is 2.40. The fourth-order valence-corrected chi connectivity index (χ4v) is 3.24. The molecule has 0 aromatic carbocycles. The zero-order chi connectivity index (χ0) is 11.1. The highest BCUT2D eigenvalue weighted by molar-refractivity contribution is 7.89. The summed E-state index contributed by atoms with van der Waals surface area (Å²) in [7, 11) is -2.02. The van der Waals surface area contributed by atoms with Gasteiger partial charge in [0.25, 0.3) is 10.0 Å². The van der Waals surface area contributed by atoms with Crippen LogP contribution >= 0.6 is 11.6 Å². The molecule has 0 spiro atoms. The van der Waals surface area contributed by atoms with Gasteiger partial charge in [0.1, 0.15) is 0 Å². The molecule has 1 saturated heterocycles. The number of nitrogens with zero attached hydrogens (tertiary/aromatic N) is 2. The SMILES string of the molecule is Cn1ncc(Cl)c1S(=O)(=O)NC1CNC1. The number of hydrogen-bond donors (Lipinski definition) is 2. The van der Waals surface area contributed by atoms with E-state index in [1.165, 1.54) is 10.9 Å². The minimum absolute atomic E-state index is 0.0102. The summed E-state index contributed by atoms with van der Waals surface area (Å²) in [6.45, 7) is 1.30. The summed E-state index contributed by atoms with van der Waals surface area (Å²) in [4.78, 5) is 0. The summed E-state index contributed by atoms with van der Waals surface area (Å²) < 4.78 is 27.5. The normalized spacial score (nSPS) is 17.7. The van der Waals surface area contributed by atoms with Gasteiger partial charge in [-0.2, -0.15) is 5.10 Å². The van der Waals surface area contributed by atoms with Crippen LogP contribution in [-0.4, -0.2) is 37.3 Å². The molecule has 8 heteroatoms. The van der Waals surface area contributed by atoms with Gasteiger partial charge in [0.05, 0.1) is 11.2 Å². The first-order valence-corrected chi connectivity index (χ1v) is 6.27. The number of aryl methyl sites for hydroxylation is 1. The molecule has 0 atom stereocenters. The molecule has 0 unspecified atom stereocenters. The van der Waals surface area contributed by atoms with Gasteiger partial charge < -0.3 is 5.32 Å². The minimum Gasteiger partial charge on any atom is -0.313 e. The molecule has 0 radical (unpaired) electrons. The number of hydrogen-bond acceptors (Lipinski definition) is 4. The van der Waals surface area contributed by atoms with Crippen molar-refractivity contribution in [1.29, 1.82) is 0 Å². The van der Waals surface area contributed by atoms with E-state index >= 15 is 0 Å². The highest BCUT2D eigenvalue weighted by atomic mass is 35.5. The molecule has 0 aliphatic carbocycles. The second kappa shape index (κ2) is 3.75. The fraction of sp³-hybridized carbons (Fsp3) is 0.571. The molecule has 0 bridgehead atoms. The van der Waals surface area contributed by atoms with E-state index in [1.54, 1.807) is 7.05 Å². The maximum Gasteiger partial charge on any atom is 0.259 e. The van der Waals surface area contributed by atoms with Gasteiger partial charge in [0, 0.05) is 26.2 Å². The number of aromatic nitrogens is 2. The van der Waals surface area contributed by atoms with Gasteiger partial charge in [0.15, 0.2) is 5.03 Å². The van der Waals surface area contributed by atoms with E-state index in [9.17, 15) is 8.42 Å². The summed E-state index contributed by atoms with van der Waals surface area (Å²) in [5.74, 6) is 0. The lowest BCUT2D eigenvalue weighted by atomic mass is 10.2. The molecule has 1 aromatic heterocycles. The van der Waals surface area contributed by atoms with Crippen LogP contribution in [0.2, 0.25) is 5.02 Å². The van der Waals surface area contributed by atoms with E-state index in [0.29, 0.717) is 13.1 Å². The Morgan fingerprint density at radius 1 is 1.67 bits per heavy atom. The molecule has 2 N–H and O–H groups in total. The topological polar surface area (TPSA) is 76.0 Å². The smallest absolute Gasteiger partial charge is 0.259 e. The molecule has 1 aromatic rings. The summed E-state index contributed by atoms with van der Waals surface area (Å²) >= 11 is 5.76. The standard InChI is InChI=1S/C7H11ClN4O2S/c1-12-7(6(8)4-10-12)15(13,14)11-5-2-9-3-5/h4-5,9,11H,2-3H2,1H3. The van der Waals surface area contributed by atoms with Gasteiger partial charge in [-0.1, -0.05) is 11.6 Å². The van der Waals surface area contributed by atoms with Crippen molar-refractivity contribution in [2.75, 3.05) is 13.1 Å². The van der Waals surface area contributed by atoms with Crippen molar-refractivity contribution in [1.82, 2.24) is 19.8 Å². The van der Waals surface area contributed by atoms with Gasteiger partial charge in [-0.15, -0.1) is 0 Å². The molecule has 1 aliphatic heterocycles. The number of halogens is 1. The first-order valence-electron chi connectivity index (χ1n) is 4.41. The second-order valence-electron chi connectivity index (χ2n) is 3.40. The number of sulfonamides is 1. The maximum atomic E-state index is 11.9. The highest BCUT2D eigenvalue weighted by Crippen LogP contribution is 2.19. The molecule has 84 valence electrons. The summed E-state index contributed by atoms with van der Waals surface area (Å²) in [5.41, 5.74) is 0. The quantitative estimate of drug-likeness (QED) is 0.746. The van der Waals surface area contributed by atoms with E-state index in [4.69, 9.17) is 11.6 Å². The Labute approximate surface area is 92.7 Å². The van der Waals surface area contributed by atoms with Gasteiger partial charge in [-0.3, -0.25) is 4.68 Å². The van der Waals surface area contributed by atoms with Crippen LogP contribution in [0.3, 0.4) is 0 Å². The lowest BCUT2D eigenvalue weighted by Gasteiger charge is -2.27. The Morgan fingerprint density at radius 3 is 2.73 bits per heavy atom. The fourth-order valence-electron chi connectivity index (χ4n) is 1.35. The van der Waals surface area contributed by atoms with Crippen LogP contribution < -0.4 is 10.0 Å². The van der Waals surface area contributed by atoms with Crippen LogP contribution in [0.15, 0.2) is 11.2 Å². The van der Waals surface area contributed by atoms with E-state index in [-0.39, 0.29) is 16.1 Å². The Bertz CT molecular complexity index is 446. The molecule has 2 rings (SSSR count). The third kappa shape index (κ3) is 2.00. The van der Waals surface area contributed by atoms with E-state index in [2.05, 4.69) is 15.1 Å². The van der Waals surface area contributed by atoms with Crippen molar-refractivity contribution in [3.05, 3.63) is 11.2 Å². The van der Waals surface area contributed by atoms with Crippen molar-refractivity contribution in [2.24, 2.45) is 7.05 Å². The molecular weight excluding hydrogens is 240 g/mol. The van der Waals surface area contributed by atoms with Crippen molar-refractivity contribution in [3.8, 4) is 0 Å². The van der Waals surface area contributed by atoms with Crippen LogP contribution in [0, 0.1) is 0 Å². The van der Waals surface area contributed by atoms with Crippen LogP contribution in [0.4, 0.5) is 0 Å². The van der Waals surface area contributed by atoms with E-state index in [1.807, 2.05) is 0 Å². The molecule has 1 fully saturated rings. The molecular formula is C7H11ClN4O2S. The van der Waals surface area contributed by atoms with Crippen molar-refractivity contribution < 1.29 is 8.42 Å². The zero-order valence-electron chi connectivity index (χ0n) is 8.07. The molecule has 6 nitrogen and oxygen atoms in total. The van der Waals surface area contributed by atoms with E-state index < -0.39 is 10.0 Å². The minimum atomic E-state index is -3.56. The summed E-state index contributed by atoms with van der Waals surface area (Å²) in [5, 5.41) is 6.91.